The van der Waals surface area contributed by atoms with Crippen LogP contribution in [0.2, 0.25) is 0 Å². The van der Waals surface area contributed by atoms with E-state index in [1.54, 1.807) is 13.2 Å². The number of rotatable bonds is 6. The third-order valence-electron chi connectivity index (χ3n) is 2.82. The molecule has 102 valence electrons. The summed E-state index contributed by atoms with van der Waals surface area (Å²) in [6, 6.07) is 0. The zero-order valence-corrected chi connectivity index (χ0v) is 11.2. The molecule has 4 heteroatoms. The van der Waals surface area contributed by atoms with Crippen LogP contribution in [-0.4, -0.2) is 39.0 Å². The maximum atomic E-state index is 11.4. The highest BCUT2D eigenvalue weighted by molar-refractivity contribution is 5.89. The van der Waals surface area contributed by atoms with Crippen molar-refractivity contribution >= 4 is 5.78 Å². The van der Waals surface area contributed by atoms with E-state index in [0.29, 0.717) is 26.1 Å². The van der Waals surface area contributed by atoms with Crippen molar-refractivity contribution in [1.29, 1.82) is 0 Å². The van der Waals surface area contributed by atoms with Crippen molar-refractivity contribution in [1.82, 2.24) is 0 Å². The summed E-state index contributed by atoms with van der Waals surface area (Å²) in [5, 5.41) is 0. The van der Waals surface area contributed by atoms with E-state index in [9.17, 15) is 4.79 Å². The molecule has 0 bridgehead atoms. The molecule has 1 aliphatic rings. The van der Waals surface area contributed by atoms with Gasteiger partial charge < -0.3 is 14.2 Å². The van der Waals surface area contributed by atoms with E-state index in [2.05, 4.69) is 6.08 Å². The van der Waals surface area contributed by atoms with Gasteiger partial charge in [-0.05, 0) is 31.4 Å². The summed E-state index contributed by atoms with van der Waals surface area (Å²) in [5.41, 5.74) is 1.16. The molecule has 0 aromatic heterocycles. The maximum Gasteiger partial charge on any atom is 0.155 e. The smallest absolute Gasteiger partial charge is 0.155 e. The first-order valence-corrected chi connectivity index (χ1v) is 6.28. The van der Waals surface area contributed by atoms with Gasteiger partial charge in [-0.2, -0.15) is 0 Å². The predicted octanol–water partition coefficient (Wildman–Crippen LogP) is 2.25. The Morgan fingerprint density at radius 1 is 1.39 bits per heavy atom. The van der Waals surface area contributed by atoms with Gasteiger partial charge in [-0.3, -0.25) is 4.79 Å². The first-order chi connectivity index (χ1) is 8.74. The fourth-order valence-electron chi connectivity index (χ4n) is 1.72. The number of ketones is 1. The van der Waals surface area contributed by atoms with Crippen LogP contribution in [0.5, 0.6) is 0 Å². The average Bonchev–Trinajstić information content (AvgIpc) is 2.43. The Morgan fingerprint density at radius 2 is 2.22 bits per heavy atom. The fourth-order valence-corrected chi connectivity index (χ4v) is 1.72. The van der Waals surface area contributed by atoms with Crippen molar-refractivity contribution in [2.45, 2.75) is 32.3 Å². The van der Waals surface area contributed by atoms with Crippen LogP contribution in [0.25, 0.3) is 0 Å². The van der Waals surface area contributed by atoms with E-state index in [1.165, 1.54) is 0 Å². The number of hydrogen-bond donors (Lipinski definition) is 0. The highest BCUT2D eigenvalue weighted by atomic mass is 16.7. The fraction of sp³-hybridized carbons (Fsp3) is 0.643. The minimum Gasteiger partial charge on any atom is -0.382 e. The van der Waals surface area contributed by atoms with Crippen molar-refractivity contribution in [3.8, 4) is 0 Å². The summed E-state index contributed by atoms with van der Waals surface area (Å²) in [6.45, 7) is 3.35. The lowest BCUT2D eigenvalue weighted by Gasteiger charge is -2.18. The lowest BCUT2D eigenvalue weighted by Crippen LogP contribution is -2.18. The Balaban J connectivity index is 2.36. The first kappa shape index (κ1) is 15.1. The van der Waals surface area contributed by atoms with Crippen LogP contribution in [0.3, 0.4) is 0 Å². The van der Waals surface area contributed by atoms with Gasteiger partial charge in [-0.1, -0.05) is 12.2 Å². The number of methoxy groups -OCH3 is 1. The van der Waals surface area contributed by atoms with E-state index >= 15 is 0 Å². The predicted molar refractivity (Wildman–Crippen MR) is 69.3 cm³/mol. The normalized spacial score (nSPS) is 25.8. The molecule has 18 heavy (non-hydrogen) atoms. The Kier molecular flexibility index (Phi) is 7.57. The number of ether oxygens (including phenoxy) is 3. The minimum absolute atomic E-state index is 0.0311. The second kappa shape index (κ2) is 9.03. The van der Waals surface area contributed by atoms with Gasteiger partial charge in [0.25, 0.3) is 0 Å². The molecule has 0 amide bonds. The van der Waals surface area contributed by atoms with Crippen molar-refractivity contribution in [2.75, 3.05) is 27.1 Å². The van der Waals surface area contributed by atoms with Crippen LogP contribution in [0.15, 0.2) is 23.8 Å². The van der Waals surface area contributed by atoms with Crippen LogP contribution in [0.4, 0.5) is 0 Å². The molecule has 0 heterocycles. The van der Waals surface area contributed by atoms with E-state index in [1.807, 2.05) is 13.0 Å². The molecular formula is C14H22O4. The Hall–Kier alpha value is -0.970. The summed E-state index contributed by atoms with van der Waals surface area (Å²) >= 11 is 0. The molecule has 1 rings (SSSR count). The third kappa shape index (κ3) is 6.10. The largest absolute Gasteiger partial charge is 0.382 e. The van der Waals surface area contributed by atoms with Crippen LogP contribution < -0.4 is 0 Å². The molecule has 0 radical (unpaired) electrons. The number of carbonyl (C=O) groups is 1. The van der Waals surface area contributed by atoms with Gasteiger partial charge in [0, 0.05) is 13.5 Å². The molecule has 0 aliphatic heterocycles. The van der Waals surface area contributed by atoms with Crippen LogP contribution >= 0.6 is 0 Å². The molecule has 1 aliphatic carbocycles. The third-order valence-corrected chi connectivity index (χ3v) is 2.82. The zero-order chi connectivity index (χ0) is 13.2. The molecule has 0 spiro atoms. The molecule has 0 aromatic carbocycles. The number of allylic oxidation sites excluding steroid dienone is 3. The quantitative estimate of drug-likeness (QED) is 0.414. The molecule has 1 atom stereocenters. The minimum atomic E-state index is -0.0311. The van der Waals surface area contributed by atoms with Gasteiger partial charge in [0.15, 0.2) is 5.78 Å². The Morgan fingerprint density at radius 3 is 3.00 bits per heavy atom. The molecule has 0 saturated heterocycles. The number of carbonyl (C=O) groups excluding carboxylic acids is 1. The lowest BCUT2D eigenvalue weighted by atomic mass is 10.1. The summed E-state index contributed by atoms with van der Waals surface area (Å²) in [7, 11) is 1.63. The van der Waals surface area contributed by atoms with E-state index in [-0.39, 0.29) is 18.7 Å². The second-order valence-corrected chi connectivity index (χ2v) is 4.27. The summed E-state index contributed by atoms with van der Waals surface area (Å²) in [6.07, 6.45) is 7.61. The van der Waals surface area contributed by atoms with Gasteiger partial charge in [0.1, 0.15) is 6.79 Å². The molecule has 1 unspecified atom stereocenters. The topological polar surface area (TPSA) is 44.8 Å². The molecule has 4 nitrogen and oxygen atoms in total. The van der Waals surface area contributed by atoms with Gasteiger partial charge in [-0.15, -0.1) is 0 Å². The summed E-state index contributed by atoms with van der Waals surface area (Å²) in [5.74, 6) is 0.159. The van der Waals surface area contributed by atoms with Crippen LogP contribution in [-0.2, 0) is 19.0 Å². The molecule has 0 aromatic rings. The van der Waals surface area contributed by atoms with Gasteiger partial charge in [0.2, 0.25) is 0 Å². The van der Waals surface area contributed by atoms with Gasteiger partial charge in [0.05, 0.1) is 19.3 Å². The van der Waals surface area contributed by atoms with Gasteiger partial charge >= 0.3 is 0 Å². The van der Waals surface area contributed by atoms with Gasteiger partial charge in [-0.25, -0.2) is 0 Å². The number of hydrogen-bond acceptors (Lipinski definition) is 4. The Labute approximate surface area is 109 Å². The molecule has 0 N–H and O–H groups in total. The SMILES string of the molecule is COCCOCOC1CCC(=O)/C=C\C/C=C\1C. The van der Waals surface area contributed by atoms with E-state index in [4.69, 9.17) is 14.2 Å². The van der Waals surface area contributed by atoms with Crippen molar-refractivity contribution in [3.63, 3.8) is 0 Å². The molecule has 0 saturated carbocycles. The second-order valence-electron chi connectivity index (χ2n) is 4.27. The summed E-state index contributed by atoms with van der Waals surface area (Å²) in [4.78, 5) is 11.4. The summed E-state index contributed by atoms with van der Waals surface area (Å²) < 4.78 is 15.8. The lowest BCUT2D eigenvalue weighted by molar-refractivity contribution is -0.116. The average molecular weight is 254 g/mol. The monoisotopic (exact) mass is 254 g/mol. The van der Waals surface area contributed by atoms with Crippen molar-refractivity contribution in [3.05, 3.63) is 23.8 Å². The first-order valence-electron chi connectivity index (χ1n) is 6.28. The molecular weight excluding hydrogens is 232 g/mol. The van der Waals surface area contributed by atoms with Crippen LogP contribution in [0, 0.1) is 0 Å². The zero-order valence-electron chi connectivity index (χ0n) is 11.2. The standard InChI is InChI=1S/C14H22O4/c1-12-5-3-4-6-13(15)7-8-14(12)18-11-17-10-9-16-2/h4-6,14H,3,7-11H2,1-2H3/b6-4-,12-5-. The Bertz CT molecular complexity index is 307. The highest BCUT2D eigenvalue weighted by Gasteiger charge is 2.13. The molecule has 0 fully saturated rings. The van der Waals surface area contributed by atoms with Crippen molar-refractivity contribution < 1.29 is 19.0 Å². The maximum absolute atomic E-state index is 11.4. The van der Waals surface area contributed by atoms with E-state index < -0.39 is 0 Å². The van der Waals surface area contributed by atoms with E-state index in [0.717, 1.165) is 12.0 Å². The van der Waals surface area contributed by atoms with Crippen LogP contribution in [0.1, 0.15) is 26.2 Å². The highest BCUT2D eigenvalue weighted by Crippen LogP contribution is 2.16. The van der Waals surface area contributed by atoms with Crippen molar-refractivity contribution in [2.24, 2.45) is 0 Å².